The molecule has 0 saturated heterocycles. The molecule has 3 nitrogen and oxygen atoms in total. The normalized spacial score (nSPS) is 14.8. The van der Waals surface area contributed by atoms with Crippen LogP contribution in [0.5, 0.6) is 0 Å². The summed E-state index contributed by atoms with van der Waals surface area (Å²) in [7, 11) is 0. The number of carbonyl (C=O) groups excluding carboxylic acids is 1. The number of carbonyl (C=O) groups is 1. The molecule has 142 valence electrons. The number of amides is 1. The molecule has 0 aliphatic heterocycles. The first kappa shape index (κ1) is 20.4. The molecule has 0 radical (unpaired) electrons. The first-order valence-electron chi connectivity index (χ1n) is 10.1. The second-order valence-electron chi connectivity index (χ2n) is 8.27. The molecule has 0 fully saturated rings. The minimum absolute atomic E-state index is 0.138. The number of hydrogen-bond acceptors (Lipinski definition) is 3. The molecule has 25 heavy (non-hydrogen) atoms. The lowest BCUT2D eigenvalue weighted by Crippen LogP contribution is -2.34. The molecule has 1 aromatic heterocycles. The summed E-state index contributed by atoms with van der Waals surface area (Å²) in [6, 6.07) is 0. The highest BCUT2D eigenvalue weighted by molar-refractivity contribution is 7.10. The number of nitrogens with one attached hydrogen (secondary N) is 1. The van der Waals surface area contributed by atoms with Gasteiger partial charge in [0.15, 0.2) is 0 Å². The van der Waals surface area contributed by atoms with E-state index >= 15 is 0 Å². The van der Waals surface area contributed by atoms with Crippen molar-refractivity contribution in [2.45, 2.75) is 66.2 Å². The second kappa shape index (κ2) is 10.3. The van der Waals surface area contributed by atoms with Gasteiger partial charge < -0.3 is 10.2 Å². The first-order chi connectivity index (χ1) is 12.0. The fraction of sp³-hybridized carbons (Fsp3) is 0.762. The average Bonchev–Trinajstić information content (AvgIpc) is 2.79. The molecule has 0 aromatic carbocycles. The van der Waals surface area contributed by atoms with Gasteiger partial charge in [0.25, 0.3) is 5.91 Å². The maximum Gasteiger partial charge on any atom is 0.252 e. The van der Waals surface area contributed by atoms with Crippen LogP contribution < -0.4 is 5.32 Å². The molecule has 1 aromatic rings. The largest absolute Gasteiger partial charge is 0.352 e. The Morgan fingerprint density at radius 1 is 1.12 bits per heavy atom. The van der Waals surface area contributed by atoms with Gasteiger partial charge in [0.1, 0.15) is 0 Å². The van der Waals surface area contributed by atoms with Gasteiger partial charge in [-0.3, -0.25) is 4.79 Å². The smallest absolute Gasteiger partial charge is 0.252 e. The summed E-state index contributed by atoms with van der Waals surface area (Å²) < 4.78 is 0. The summed E-state index contributed by atoms with van der Waals surface area (Å²) in [6.07, 6.45) is 7.06. The number of aryl methyl sites for hydroxylation is 1. The zero-order valence-electron chi connectivity index (χ0n) is 16.6. The molecule has 0 saturated carbocycles. The van der Waals surface area contributed by atoms with Gasteiger partial charge in [0, 0.05) is 29.9 Å². The highest BCUT2D eigenvalue weighted by Crippen LogP contribution is 2.29. The van der Waals surface area contributed by atoms with E-state index in [0.717, 1.165) is 51.0 Å². The van der Waals surface area contributed by atoms with Crippen LogP contribution in [0.2, 0.25) is 0 Å². The van der Waals surface area contributed by atoms with Gasteiger partial charge in [0.05, 0.1) is 5.56 Å². The van der Waals surface area contributed by atoms with Crippen molar-refractivity contribution < 1.29 is 4.79 Å². The van der Waals surface area contributed by atoms with E-state index < -0.39 is 0 Å². The molecular weight excluding hydrogens is 328 g/mol. The molecule has 1 aliphatic carbocycles. The number of hydrogen-bond donors (Lipinski definition) is 1. The van der Waals surface area contributed by atoms with Gasteiger partial charge in [-0.1, -0.05) is 34.1 Å². The summed E-state index contributed by atoms with van der Waals surface area (Å²) in [6.45, 7) is 13.2. The van der Waals surface area contributed by atoms with E-state index in [4.69, 9.17) is 0 Å². The molecule has 0 spiro atoms. The quantitative estimate of drug-likeness (QED) is 0.506. The predicted molar refractivity (Wildman–Crippen MR) is 109 cm³/mol. The van der Waals surface area contributed by atoms with Gasteiger partial charge in [-0.2, -0.15) is 0 Å². The van der Waals surface area contributed by atoms with Gasteiger partial charge in [-0.15, -0.1) is 11.3 Å². The Morgan fingerprint density at radius 3 is 2.48 bits per heavy atom. The minimum Gasteiger partial charge on any atom is -0.352 e. The monoisotopic (exact) mass is 364 g/mol. The molecule has 1 aliphatic rings. The number of nitrogens with zero attached hydrogens (tertiary/aromatic N) is 1. The predicted octanol–water partition coefficient (Wildman–Crippen LogP) is 4.75. The molecule has 1 heterocycles. The van der Waals surface area contributed by atoms with E-state index in [0.29, 0.717) is 11.8 Å². The lowest BCUT2D eigenvalue weighted by Gasteiger charge is -2.26. The summed E-state index contributed by atoms with van der Waals surface area (Å²) >= 11 is 1.78. The molecule has 4 heteroatoms. The minimum atomic E-state index is 0.138. The maximum absolute atomic E-state index is 12.6. The molecule has 2 rings (SSSR count). The maximum atomic E-state index is 12.6. The first-order valence-corrected chi connectivity index (χ1v) is 10.9. The van der Waals surface area contributed by atoms with Gasteiger partial charge >= 0.3 is 0 Å². The summed E-state index contributed by atoms with van der Waals surface area (Å²) in [4.78, 5) is 16.6. The van der Waals surface area contributed by atoms with Crippen LogP contribution in [0.1, 0.15) is 74.2 Å². The van der Waals surface area contributed by atoms with E-state index in [2.05, 4.69) is 43.3 Å². The Balaban J connectivity index is 1.79. The zero-order chi connectivity index (χ0) is 18.2. The van der Waals surface area contributed by atoms with Crippen molar-refractivity contribution in [3.8, 4) is 0 Å². The van der Waals surface area contributed by atoms with Crippen LogP contribution in [0.15, 0.2) is 5.38 Å². The van der Waals surface area contributed by atoms with Gasteiger partial charge in [-0.05, 0) is 56.0 Å². The molecule has 1 N–H and O–H groups in total. The topological polar surface area (TPSA) is 32.3 Å². The van der Waals surface area contributed by atoms with Crippen LogP contribution >= 0.6 is 11.3 Å². The highest BCUT2D eigenvalue weighted by atomic mass is 32.1. The van der Waals surface area contributed by atoms with Crippen LogP contribution in [-0.4, -0.2) is 37.0 Å². The summed E-state index contributed by atoms with van der Waals surface area (Å²) in [5.74, 6) is 1.52. The molecule has 0 unspecified atom stereocenters. The fourth-order valence-corrected chi connectivity index (χ4v) is 4.88. The fourth-order valence-electron chi connectivity index (χ4n) is 3.75. The van der Waals surface area contributed by atoms with E-state index in [1.54, 1.807) is 11.3 Å². The average molecular weight is 365 g/mol. The van der Waals surface area contributed by atoms with Crippen LogP contribution in [-0.2, 0) is 12.8 Å². The molecule has 1 amide bonds. The lowest BCUT2D eigenvalue weighted by atomic mass is 10.1. The highest BCUT2D eigenvalue weighted by Gasteiger charge is 2.19. The Bertz CT molecular complexity index is 526. The summed E-state index contributed by atoms with van der Waals surface area (Å²) in [5.41, 5.74) is 2.28. The van der Waals surface area contributed by atoms with Crippen molar-refractivity contribution in [1.29, 1.82) is 0 Å². The Hall–Kier alpha value is -0.870. The lowest BCUT2D eigenvalue weighted by molar-refractivity contribution is 0.0950. The number of rotatable bonds is 9. The number of thiophene rings is 1. The van der Waals surface area contributed by atoms with Crippen LogP contribution in [0.25, 0.3) is 0 Å². The van der Waals surface area contributed by atoms with E-state index in [-0.39, 0.29) is 5.91 Å². The van der Waals surface area contributed by atoms with E-state index in [1.165, 1.54) is 29.7 Å². The Labute approximate surface area is 158 Å². The van der Waals surface area contributed by atoms with Crippen LogP contribution in [0.3, 0.4) is 0 Å². The van der Waals surface area contributed by atoms with Crippen molar-refractivity contribution in [2.75, 3.05) is 26.2 Å². The summed E-state index contributed by atoms with van der Waals surface area (Å²) in [5, 5.41) is 5.24. The molecule has 0 atom stereocenters. The third-order valence-corrected chi connectivity index (χ3v) is 5.83. The SMILES string of the molecule is CC(C)CN(CCCNC(=O)c1csc2c1CCCCC2)CC(C)C. The molecular formula is C21H36N2OS. The molecule has 0 bridgehead atoms. The van der Waals surface area contributed by atoms with Crippen molar-refractivity contribution >= 4 is 17.2 Å². The second-order valence-corrected chi connectivity index (χ2v) is 9.23. The standard InChI is InChI=1S/C21H36N2OS/c1-16(2)13-23(14-17(3)4)12-8-11-22-21(24)19-15-25-20-10-7-5-6-9-18(19)20/h15-17H,5-14H2,1-4H3,(H,22,24). The zero-order valence-corrected chi connectivity index (χ0v) is 17.4. The number of fused-ring (bicyclic) bond motifs is 1. The van der Waals surface area contributed by atoms with Crippen LogP contribution in [0, 0.1) is 11.8 Å². The van der Waals surface area contributed by atoms with Crippen molar-refractivity contribution in [1.82, 2.24) is 10.2 Å². The van der Waals surface area contributed by atoms with E-state index in [1.807, 2.05) is 0 Å². The van der Waals surface area contributed by atoms with E-state index in [9.17, 15) is 4.79 Å². The third-order valence-electron chi connectivity index (χ3n) is 4.74. The van der Waals surface area contributed by atoms with Crippen molar-refractivity contribution in [3.05, 3.63) is 21.4 Å². The third kappa shape index (κ3) is 6.74. The van der Waals surface area contributed by atoms with Gasteiger partial charge in [-0.25, -0.2) is 0 Å². The van der Waals surface area contributed by atoms with Crippen LogP contribution in [0.4, 0.5) is 0 Å². The van der Waals surface area contributed by atoms with Crippen molar-refractivity contribution in [3.63, 3.8) is 0 Å². The Kier molecular flexibility index (Phi) is 8.44. The van der Waals surface area contributed by atoms with Gasteiger partial charge in [0.2, 0.25) is 0 Å². The van der Waals surface area contributed by atoms with Crippen molar-refractivity contribution in [2.24, 2.45) is 11.8 Å². The Morgan fingerprint density at radius 2 is 1.80 bits per heavy atom.